The molecule has 1 aromatic carbocycles. The van der Waals surface area contributed by atoms with Crippen molar-refractivity contribution in [3.05, 3.63) is 47.4 Å². The molecule has 1 aliphatic rings. The fourth-order valence-corrected chi connectivity index (χ4v) is 2.58. The minimum atomic E-state index is -0.578. The van der Waals surface area contributed by atoms with Gasteiger partial charge < -0.3 is 9.64 Å². The summed E-state index contributed by atoms with van der Waals surface area (Å²) in [7, 11) is 1.94. The Morgan fingerprint density at radius 3 is 3.08 bits per heavy atom. The second-order valence-corrected chi connectivity index (χ2v) is 5.83. The topological polar surface area (TPSA) is 74.4 Å². The van der Waals surface area contributed by atoms with Crippen LogP contribution in [0.5, 0.6) is 6.01 Å². The van der Waals surface area contributed by atoms with Crippen LogP contribution in [0.4, 0.5) is 10.2 Å². The molecule has 0 amide bonds. The zero-order valence-electron chi connectivity index (χ0n) is 13.9. The van der Waals surface area contributed by atoms with Crippen LogP contribution in [0.25, 0.3) is 0 Å². The fraction of sp³-hybridized carbons (Fsp3) is 0.333. The molecular weight excluding hydrogens is 321 g/mol. The average molecular weight is 339 g/mol. The molecule has 1 aromatic heterocycles. The molecule has 6 nitrogen and oxygen atoms in total. The van der Waals surface area contributed by atoms with Gasteiger partial charge in [-0.05, 0) is 30.5 Å². The van der Waals surface area contributed by atoms with E-state index in [1.165, 1.54) is 0 Å². The molecule has 0 atom stereocenters. The summed E-state index contributed by atoms with van der Waals surface area (Å²) in [6.45, 7) is 1.10. The van der Waals surface area contributed by atoms with Gasteiger partial charge in [-0.1, -0.05) is 12.1 Å². The number of ether oxygens (including phenoxy) is 1. The van der Waals surface area contributed by atoms with E-state index in [0.29, 0.717) is 5.56 Å². The smallest absolute Gasteiger partial charge is 0.318 e. The van der Waals surface area contributed by atoms with Crippen LogP contribution in [0, 0.1) is 17.1 Å². The molecule has 3 rings (SSSR count). The molecular formula is C18H18FN5O. The third-order valence-electron chi connectivity index (χ3n) is 3.95. The third-order valence-corrected chi connectivity index (χ3v) is 3.95. The molecule has 25 heavy (non-hydrogen) atoms. The van der Waals surface area contributed by atoms with Gasteiger partial charge in [0, 0.05) is 20.0 Å². The number of halogens is 1. The van der Waals surface area contributed by atoms with Gasteiger partial charge in [-0.25, -0.2) is 14.4 Å². The summed E-state index contributed by atoms with van der Waals surface area (Å²) in [6, 6.07) is 9.18. The van der Waals surface area contributed by atoms with Gasteiger partial charge >= 0.3 is 6.01 Å². The van der Waals surface area contributed by atoms with Crippen LogP contribution < -0.4 is 4.74 Å². The normalized spacial score (nSPS) is 15.9. The maximum absolute atomic E-state index is 14.0. The molecule has 2 heterocycles. The summed E-state index contributed by atoms with van der Waals surface area (Å²) >= 11 is 0. The summed E-state index contributed by atoms with van der Waals surface area (Å²) in [4.78, 5) is 14.3. The highest BCUT2D eigenvalue weighted by atomic mass is 19.1. The summed E-state index contributed by atoms with van der Waals surface area (Å²) < 4.78 is 19.5. The minimum Gasteiger partial charge on any atom is -0.459 e. The number of nitriles is 1. The Morgan fingerprint density at radius 2 is 2.28 bits per heavy atom. The maximum Gasteiger partial charge on any atom is 0.318 e. The first kappa shape index (κ1) is 16.8. The van der Waals surface area contributed by atoms with E-state index in [4.69, 9.17) is 10.00 Å². The molecule has 7 heteroatoms. The largest absolute Gasteiger partial charge is 0.459 e. The first-order valence-corrected chi connectivity index (χ1v) is 8.09. The highest BCUT2D eigenvalue weighted by Crippen LogP contribution is 2.20. The number of aromatic nitrogens is 2. The predicted molar refractivity (Wildman–Crippen MR) is 91.1 cm³/mol. The van der Waals surface area contributed by atoms with Crippen molar-refractivity contribution in [1.82, 2.24) is 14.9 Å². The van der Waals surface area contributed by atoms with Crippen LogP contribution in [-0.2, 0) is 6.61 Å². The maximum atomic E-state index is 14.0. The van der Waals surface area contributed by atoms with Gasteiger partial charge in [-0.3, -0.25) is 0 Å². The number of hydrogen-bond acceptors (Lipinski definition) is 5. The molecule has 0 spiro atoms. The van der Waals surface area contributed by atoms with Gasteiger partial charge in [0.05, 0.1) is 17.8 Å². The zero-order valence-corrected chi connectivity index (χ0v) is 13.9. The lowest BCUT2D eigenvalue weighted by atomic mass is 10.1. The summed E-state index contributed by atoms with van der Waals surface area (Å²) in [5.41, 5.74) is 1.36. The molecule has 0 aliphatic carbocycles. The van der Waals surface area contributed by atoms with Crippen LogP contribution >= 0.6 is 0 Å². The van der Waals surface area contributed by atoms with Crippen molar-refractivity contribution < 1.29 is 9.13 Å². The number of hydrogen-bond donors (Lipinski definition) is 0. The standard InChI is InChI=1S/C18H18FN5O/c1-24-8-3-2-7-16(24)22-17-15(19)11-21-18(23-17)25-12-14-6-4-5-13(9-14)10-20/h4-6,9,11H,2-3,7-8,12H2,1H3/b22-16+. The van der Waals surface area contributed by atoms with Crippen molar-refractivity contribution in [2.24, 2.45) is 4.99 Å². The van der Waals surface area contributed by atoms with Crippen molar-refractivity contribution in [1.29, 1.82) is 5.26 Å². The summed E-state index contributed by atoms with van der Waals surface area (Å²) in [5.74, 6) is 0.223. The van der Waals surface area contributed by atoms with Gasteiger partial charge in [0.15, 0.2) is 11.6 Å². The van der Waals surface area contributed by atoms with E-state index in [1.54, 1.807) is 18.2 Å². The molecule has 1 aliphatic heterocycles. The zero-order chi connectivity index (χ0) is 17.6. The number of piperidine rings is 1. The van der Waals surface area contributed by atoms with Gasteiger partial charge in [-0.15, -0.1) is 0 Å². The monoisotopic (exact) mass is 339 g/mol. The van der Waals surface area contributed by atoms with E-state index in [0.717, 1.165) is 43.4 Å². The molecule has 1 fully saturated rings. The lowest BCUT2D eigenvalue weighted by Crippen LogP contribution is -2.31. The summed E-state index contributed by atoms with van der Waals surface area (Å²) in [5, 5.41) is 8.92. The molecule has 128 valence electrons. The first-order valence-electron chi connectivity index (χ1n) is 8.09. The number of amidine groups is 1. The van der Waals surface area contributed by atoms with Crippen molar-refractivity contribution in [3.8, 4) is 12.1 Å². The number of rotatable bonds is 4. The lowest BCUT2D eigenvalue weighted by molar-refractivity contribution is 0.279. The number of likely N-dealkylation sites (tertiary alicyclic amines) is 1. The lowest BCUT2D eigenvalue weighted by Gasteiger charge is -2.25. The number of nitrogens with zero attached hydrogens (tertiary/aromatic N) is 5. The SMILES string of the molecule is CN1CCCC/C1=N\c1nc(OCc2cccc(C#N)c2)ncc1F. The molecule has 0 N–H and O–H groups in total. The highest BCUT2D eigenvalue weighted by Gasteiger charge is 2.15. The van der Waals surface area contributed by atoms with Crippen molar-refractivity contribution in [3.63, 3.8) is 0 Å². The minimum absolute atomic E-state index is 0.0143. The van der Waals surface area contributed by atoms with Crippen LogP contribution in [0.1, 0.15) is 30.4 Å². The molecule has 0 bridgehead atoms. The summed E-state index contributed by atoms with van der Waals surface area (Å²) in [6.07, 6.45) is 4.01. The highest BCUT2D eigenvalue weighted by molar-refractivity contribution is 5.84. The molecule has 1 saturated heterocycles. The van der Waals surface area contributed by atoms with Crippen LogP contribution in [-0.4, -0.2) is 34.3 Å². The van der Waals surface area contributed by atoms with Crippen LogP contribution in [0.15, 0.2) is 35.5 Å². The molecule has 2 aromatic rings. The Labute approximate surface area is 145 Å². The Balaban J connectivity index is 1.75. The molecule has 0 radical (unpaired) electrons. The van der Waals surface area contributed by atoms with E-state index in [9.17, 15) is 4.39 Å². The van der Waals surface area contributed by atoms with Gasteiger partial charge in [-0.2, -0.15) is 10.2 Å². The Kier molecular flexibility index (Phi) is 5.19. The number of aliphatic imine (C=N–C) groups is 1. The van der Waals surface area contributed by atoms with Crippen LogP contribution in [0.2, 0.25) is 0 Å². The van der Waals surface area contributed by atoms with E-state index < -0.39 is 5.82 Å². The second kappa shape index (κ2) is 7.71. The third kappa shape index (κ3) is 4.29. The Morgan fingerprint density at radius 1 is 1.40 bits per heavy atom. The second-order valence-electron chi connectivity index (χ2n) is 5.83. The van der Waals surface area contributed by atoms with E-state index in [1.807, 2.05) is 18.0 Å². The van der Waals surface area contributed by atoms with Crippen LogP contribution in [0.3, 0.4) is 0 Å². The Hall–Kier alpha value is -3.01. The van der Waals surface area contributed by atoms with Crippen molar-refractivity contribution >= 4 is 11.7 Å². The van der Waals surface area contributed by atoms with Gasteiger partial charge in [0.1, 0.15) is 12.4 Å². The van der Waals surface area contributed by atoms with Crippen molar-refractivity contribution in [2.45, 2.75) is 25.9 Å². The number of benzene rings is 1. The first-order chi connectivity index (χ1) is 12.2. The molecule has 0 saturated carbocycles. The average Bonchev–Trinajstić information content (AvgIpc) is 2.64. The fourth-order valence-electron chi connectivity index (χ4n) is 2.58. The quantitative estimate of drug-likeness (QED) is 0.855. The van der Waals surface area contributed by atoms with E-state index >= 15 is 0 Å². The predicted octanol–water partition coefficient (Wildman–Crippen LogP) is 3.21. The van der Waals surface area contributed by atoms with E-state index in [2.05, 4.69) is 21.0 Å². The van der Waals surface area contributed by atoms with Gasteiger partial charge in [0.25, 0.3) is 0 Å². The van der Waals surface area contributed by atoms with Crippen molar-refractivity contribution in [2.75, 3.05) is 13.6 Å². The van der Waals surface area contributed by atoms with Gasteiger partial charge in [0.2, 0.25) is 0 Å². The Bertz CT molecular complexity index is 830. The van der Waals surface area contributed by atoms with E-state index in [-0.39, 0.29) is 18.4 Å². The molecule has 0 unspecified atom stereocenters.